The van der Waals surface area contributed by atoms with E-state index in [0.29, 0.717) is 0 Å². The van der Waals surface area contributed by atoms with E-state index >= 15 is 0 Å². The minimum absolute atomic E-state index is 0.788. The average Bonchev–Trinajstić information content (AvgIpc) is 1.77. The van der Waals surface area contributed by atoms with Crippen LogP contribution >= 0.6 is 12.2 Å². The summed E-state index contributed by atoms with van der Waals surface area (Å²) in [7, 11) is 0. The Morgan fingerprint density at radius 1 is 1.50 bits per heavy atom. The lowest BCUT2D eigenvalue weighted by molar-refractivity contribution is 1.25. The molecule has 0 aromatic carbocycles. The summed E-state index contributed by atoms with van der Waals surface area (Å²) in [6, 6.07) is 3.86. The average molecular weight is 125 g/mol. The van der Waals surface area contributed by atoms with E-state index in [-0.39, 0.29) is 0 Å². The maximum absolute atomic E-state index is 4.82. The van der Waals surface area contributed by atoms with Crippen LogP contribution in [0.4, 0.5) is 0 Å². The number of aromatic amines is 1. The number of H-pyrrole nitrogens is 1. The summed E-state index contributed by atoms with van der Waals surface area (Å²) in [6.45, 7) is 2.02. The summed E-state index contributed by atoms with van der Waals surface area (Å²) in [6.07, 6.45) is 1.89. The standard InChI is InChI=1S/C6H7NS/c1-5-2-3-6(8)7-4-5/h2-4H,1H3,(H,7,8). The van der Waals surface area contributed by atoms with Gasteiger partial charge >= 0.3 is 0 Å². The van der Waals surface area contributed by atoms with Gasteiger partial charge in [-0.2, -0.15) is 0 Å². The molecule has 0 fully saturated rings. The molecule has 1 heterocycles. The van der Waals surface area contributed by atoms with Crippen molar-refractivity contribution >= 4 is 12.2 Å². The molecule has 0 spiro atoms. The van der Waals surface area contributed by atoms with Crippen molar-refractivity contribution in [1.82, 2.24) is 4.98 Å². The van der Waals surface area contributed by atoms with Crippen LogP contribution < -0.4 is 0 Å². The van der Waals surface area contributed by atoms with Crippen LogP contribution in [-0.4, -0.2) is 4.98 Å². The van der Waals surface area contributed by atoms with Crippen LogP contribution in [0.25, 0.3) is 0 Å². The summed E-state index contributed by atoms with van der Waals surface area (Å²) in [5.74, 6) is 0. The molecule has 2 heteroatoms. The third kappa shape index (κ3) is 1.17. The normalized spacial score (nSPS) is 9.12. The van der Waals surface area contributed by atoms with Gasteiger partial charge < -0.3 is 4.98 Å². The van der Waals surface area contributed by atoms with Gasteiger partial charge in [-0.15, -0.1) is 0 Å². The van der Waals surface area contributed by atoms with Gasteiger partial charge in [0.1, 0.15) is 4.64 Å². The molecule has 42 valence electrons. The molecule has 0 aliphatic rings. The summed E-state index contributed by atoms with van der Waals surface area (Å²) >= 11 is 4.82. The molecule has 1 rings (SSSR count). The van der Waals surface area contributed by atoms with Crippen LogP contribution in [0, 0.1) is 11.6 Å². The Morgan fingerprint density at radius 3 is 2.62 bits per heavy atom. The molecule has 1 nitrogen and oxygen atoms in total. The molecule has 1 aromatic rings. The topological polar surface area (TPSA) is 15.8 Å². The lowest BCUT2D eigenvalue weighted by atomic mass is 10.3. The van der Waals surface area contributed by atoms with Gasteiger partial charge in [0.25, 0.3) is 0 Å². The highest BCUT2D eigenvalue weighted by molar-refractivity contribution is 7.71. The second-order valence-corrected chi connectivity index (χ2v) is 2.17. The fourth-order valence-corrected chi connectivity index (χ4v) is 0.615. The molecule has 0 aliphatic carbocycles. The van der Waals surface area contributed by atoms with Gasteiger partial charge in [-0.05, 0) is 18.6 Å². The van der Waals surface area contributed by atoms with Crippen molar-refractivity contribution in [2.45, 2.75) is 6.92 Å². The minimum Gasteiger partial charge on any atom is -0.353 e. The first-order valence-electron chi connectivity index (χ1n) is 2.44. The van der Waals surface area contributed by atoms with Gasteiger partial charge in [-0.3, -0.25) is 0 Å². The number of rotatable bonds is 0. The number of aryl methyl sites for hydroxylation is 1. The van der Waals surface area contributed by atoms with Gasteiger partial charge in [0.15, 0.2) is 0 Å². The second-order valence-electron chi connectivity index (χ2n) is 1.73. The largest absolute Gasteiger partial charge is 0.353 e. The van der Waals surface area contributed by atoms with E-state index in [9.17, 15) is 0 Å². The predicted molar refractivity (Wildman–Crippen MR) is 36.4 cm³/mol. The first-order valence-corrected chi connectivity index (χ1v) is 2.85. The van der Waals surface area contributed by atoms with Crippen molar-refractivity contribution in [2.24, 2.45) is 0 Å². The van der Waals surface area contributed by atoms with Crippen LogP contribution in [0.3, 0.4) is 0 Å². The Labute approximate surface area is 53.4 Å². The van der Waals surface area contributed by atoms with Gasteiger partial charge in [0.05, 0.1) is 0 Å². The highest BCUT2D eigenvalue weighted by Crippen LogP contribution is 1.91. The van der Waals surface area contributed by atoms with E-state index in [1.54, 1.807) is 0 Å². The van der Waals surface area contributed by atoms with E-state index in [1.165, 1.54) is 5.56 Å². The van der Waals surface area contributed by atoms with Crippen molar-refractivity contribution in [1.29, 1.82) is 0 Å². The Hall–Kier alpha value is -0.630. The van der Waals surface area contributed by atoms with E-state index in [0.717, 1.165) is 4.64 Å². The zero-order valence-electron chi connectivity index (χ0n) is 4.64. The molecule has 0 unspecified atom stereocenters. The van der Waals surface area contributed by atoms with Crippen LogP contribution in [0.15, 0.2) is 18.3 Å². The third-order valence-electron chi connectivity index (χ3n) is 0.940. The number of pyridine rings is 1. The zero-order valence-corrected chi connectivity index (χ0v) is 5.46. The Balaban J connectivity index is 3.22. The maximum Gasteiger partial charge on any atom is 0.103 e. The Morgan fingerprint density at radius 2 is 2.25 bits per heavy atom. The highest BCUT2D eigenvalue weighted by Gasteiger charge is 1.76. The fraction of sp³-hybridized carbons (Fsp3) is 0.167. The van der Waals surface area contributed by atoms with Gasteiger partial charge in [-0.25, -0.2) is 0 Å². The monoisotopic (exact) mass is 125 g/mol. The molecular formula is C6H7NS. The van der Waals surface area contributed by atoms with Crippen LogP contribution in [0.2, 0.25) is 0 Å². The van der Waals surface area contributed by atoms with E-state index in [1.807, 2.05) is 25.3 Å². The summed E-state index contributed by atoms with van der Waals surface area (Å²) in [4.78, 5) is 2.91. The summed E-state index contributed by atoms with van der Waals surface area (Å²) < 4.78 is 0.788. The van der Waals surface area contributed by atoms with E-state index in [2.05, 4.69) is 4.98 Å². The van der Waals surface area contributed by atoms with Gasteiger partial charge in [-0.1, -0.05) is 18.3 Å². The zero-order chi connectivity index (χ0) is 5.98. The van der Waals surface area contributed by atoms with Crippen molar-refractivity contribution in [3.05, 3.63) is 28.5 Å². The molecule has 1 N–H and O–H groups in total. The predicted octanol–water partition coefficient (Wildman–Crippen LogP) is 2.05. The Kier molecular flexibility index (Phi) is 1.44. The van der Waals surface area contributed by atoms with Gasteiger partial charge in [0, 0.05) is 6.20 Å². The molecule has 0 saturated heterocycles. The number of hydrogen-bond donors (Lipinski definition) is 1. The van der Waals surface area contributed by atoms with E-state index in [4.69, 9.17) is 12.2 Å². The number of aromatic nitrogens is 1. The smallest absolute Gasteiger partial charge is 0.103 e. The molecule has 1 aromatic heterocycles. The molecule has 0 aliphatic heterocycles. The quantitative estimate of drug-likeness (QED) is 0.525. The Bertz CT molecular complexity index is 206. The summed E-state index contributed by atoms with van der Waals surface area (Å²) in [5, 5.41) is 0. The fourth-order valence-electron chi connectivity index (χ4n) is 0.488. The highest BCUT2D eigenvalue weighted by atomic mass is 32.1. The molecule has 0 atom stereocenters. The van der Waals surface area contributed by atoms with Crippen LogP contribution in [0.1, 0.15) is 5.56 Å². The lowest BCUT2D eigenvalue weighted by Crippen LogP contribution is -1.73. The summed E-state index contributed by atoms with van der Waals surface area (Å²) in [5.41, 5.74) is 1.21. The van der Waals surface area contributed by atoms with Crippen LogP contribution in [-0.2, 0) is 0 Å². The third-order valence-corrected chi connectivity index (χ3v) is 1.19. The van der Waals surface area contributed by atoms with Gasteiger partial charge in [0.2, 0.25) is 0 Å². The van der Waals surface area contributed by atoms with Crippen LogP contribution in [0.5, 0.6) is 0 Å². The lowest BCUT2D eigenvalue weighted by Gasteiger charge is -1.85. The molecule has 0 amide bonds. The van der Waals surface area contributed by atoms with Crippen molar-refractivity contribution in [3.8, 4) is 0 Å². The van der Waals surface area contributed by atoms with E-state index < -0.39 is 0 Å². The SMILES string of the molecule is Cc1ccc(=S)[nH]c1. The molecule has 0 saturated carbocycles. The maximum atomic E-state index is 4.82. The first-order chi connectivity index (χ1) is 3.79. The van der Waals surface area contributed by atoms with Crippen molar-refractivity contribution < 1.29 is 0 Å². The molecular weight excluding hydrogens is 118 g/mol. The molecule has 8 heavy (non-hydrogen) atoms. The first kappa shape index (κ1) is 5.51. The van der Waals surface area contributed by atoms with Crippen molar-refractivity contribution in [3.63, 3.8) is 0 Å². The number of hydrogen-bond acceptors (Lipinski definition) is 1. The number of nitrogens with one attached hydrogen (secondary N) is 1. The van der Waals surface area contributed by atoms with Crippen molar-refractivity contribution in [2.75, 3.05) is 0 Å². The molecule has 0 radical (unpaired) electrons. The molecule has 0 bridgehead atoms. The second kappa shape index (κ2) is 2.09. The minimum atomic E-state index is 0.788.